The molecule has 2 aliphatic rings. The summed E-state index contributed by atoms with van der Waals surface area (Å²) < 4.78 is 7.48. The number of hydrogen-bond donors (Lipinski definition) is 0. The van der Waals surface area contributed by atoms with Crippen molar-refractivity contribution in [3.63, 3.8) is 0 Å². The molecule has 2 aliphatic heterocycles. The van der Waals surface area contributed by atoms with Gasteiger partial charge in [-0.2, -0.15) is 15.3 Å². The number of carbonyl (C=O) groups excluding carboxylic acids is 2. The molecule has 0 spiro atoms. The van der Waals surface area contributed by atoms with Crippen LogP contribution in [0.1, 0.15) is 42.3 Å². The van der Waals surface area contributed by atoms with Crippen LogP contribution in [0.4, 0.5) is 5.69 Å². The lowest BCUT2D eigenvalue weighted by atomic mass is 9.95. The first-order valence-electron chi connectivity index (χ1n) is 12.8. The van der Waals surface area contributed by atoms with Crippen molar-refractivity contribution in [2.45, 2.75) is 32.1 Å². The quantitative estimate of drug-likeness (QED) is 0.412. The number of para-hydroxylation sites is 1. The second kappa shape index (κ2) is 9.41. The van der Waals surface area contributed by atoms with Crippen LogP contribution < -0.4 is 4.90 Å². The molecule has 10 heteroatoms. The second-order valence-electron chi connectivity index (χ2n) is 10.0. The highest BCUT2D eigenvalue weighted by atomic mass is 16.5. The summed E-state index contributed by atoms with van der Waals surface area (Å²) in [6.07, 6.45) is 1.59. The summed E-state index contributed by atoms with van der Waals surface area (Å²) in [6.45, 7) is 3.42. The van der Waals surface area contributed by atoms with E-state index in [9.17, 15) is 14.9 Å². The fraction of sp³-hybridized carbons (Fsp3) is 0.357. The summed E-state index contributed by atoms with van der Waals surface area (Å²) in [5, 5.41) is 19.2. The van der Waals surface area contributed by atoms with E-state index in [1.807, 2.05) is 41.8 Å². The number of aromatic nitrogens is 4. The number of likely N-dealkylation sites (tertiary alicyclic amines) is 1. The van der Waals surface area contributed by atoms with Gasteiger partial charge in [0.1, 0.15) is 6.07 Å². The molecule has 10 nitrogen and oxygen atoms in total. The van der Waals surface area contributed by atoms with Crippen LogP contribution in [-0.2, 0) is 16.6 Å². The topological polar surface area (TPSA) is 121 Å². The molecule has 2 aromatic heterocycles. The SMILES string of the molecule is Cc1nn(C)c2cc(-c3noc(C4CCN(C(=O)C5CC(=O)N(c6ccccc6C#N)C5)CC4)n3)ccc12. The van der Waals surface area contributed by atoms with E-state index >= 15 is 0 Å². The monoisotopic (exact) mass is 509 g/mol. The molecule has 2 saturated heterocycles. The molecular formula is C28H27N7O3. The average molecular weight is 510 g/mol. The highest BCUT2D eigenvalue weighted by Gasteiger charge is 2.39. The molecule has 1 unspecified atom stereocenters. The number of benzene rings is 2. The number of nitrogens with zero attached hydrogens (tertiary/aromatic N) is 7. The van der Waals surface area contributed by atoms with E-state index in [4.69, 9.17) is 4.52 Å². The number of piperidine rings is 1. The zero-order chi connectivity index (χ0) is 26.4. The molecule has 192 valence electrons. The Labute approximate surface area is 219 Å². The highest BCUT2D eigenvalue weighted by molar-refractivity contribution is 6.01. The molecule has 38 heavy (non-hydrogen) atoms. The lowest BCUT2D eigenvalue weighted by Gasteiger charge is -2.32. The van der Waals surface area contributed by atoms with Crippen LogP contribution in [0.5, 0.6) is 0 Å². The van der Waals surface area contributed by atoms with Gasteiger partial charge >= 0.3 is 0 Å². The van der Waals surface area contributed by atoms with Gasteiger partial charge in [0, 0.05) is 50.0 Å². The van der Waals surface area contributed by atoms with Gasteiger partial charge in [0.15, 0.2) is 0 Å². The average Bonchev–Trinajstić information content (AvgIpc) is 3.66. The molecule has 2 amide bonds. The van der Waals surface area contributed by atoms with Crippen LogP contribution in [0.3, 0.4) is 0 Å². The fourth-order valence-electron chi connectivity index (χ4n) is 5.61. The van der Waals surface area contributed by atoms with Crippen molar-refractivity contribution >= 4 is 28.4 Å². The number of nitriles is 1. The zero-order valence-corrected chi connectivity index (χ0v) is 21.3. The maximum atomic E-state index is 13.3. The van der Waals surface area contributed by atoms with E-state index < -0.39 is 5.92 Å². The molecule has 2 fully saturated rings. The van der Waals surface area contributed by atoms with E-state index in [2.05, 4.69) is 21.3 Å². The molecule has 4 heterocycles. The standard InChI is InChI=1S/C28H27N7O3/c1-17-22-8-7-19(13-24(22)33(2)31-17)26-30-27(38-32-26)18-9-11-34(12-10-18)28(37)21-14-25(36)35(16-21)23-6-4-3-5-20(23)15-29/h3-8,13,18,21H,9-12,14,16H2,1-2H3. The van der Waals surface area contributed by atoms with Gasteiger partial charge < -0.3 is 14.3 Å². The molecule has 1 atom stereocenters. The van der Waals surface area contributed by atoms with Crippen LogP contribution in [0.2, 0.25) is 0 Å². The van der Waals surface area contributed by atoms with Crippen LogP contribution in [0.25, 0.3) is 22.3 Å². The molecule has 0 saturated carbocycles. The molecule has 4 aromatic rings. The van der Waals surface area contributed by atoms with Gasteiger partial charge in [0.05, 0.1) is 28.4 Å². The fourth-order valence-corrected chi connectivity index (χ4v) is 5.61. The largest absolute Gasteiger partial charge is 0.342 e. The van der Waals surface area contributed by atoms with Crippen LogP contribution in [-0.4, -0.2) is 56.3 Å². The predicted octanol–water partition coefficient (Wildman–Crippen LogP) is 3.56. The lowest BCUT2D eigenvalue weighted by molar-refractivity contribution is -0.136. The Kier molecular flexibility index (Phi) is 5.91. The normalized spacial score (nSPS) is 18.3. The number of amides is 2. The lowest BCUT2D eigenvalue weighted by Crippen LogP contribution is -2.42. The molecule has 6 rings (SSSR count). The van der Waals surface area contributed by atoms with E-state index in [0.29, 0.717) is 42.6 Å². The summed E-state index contributed by atoms with van der Waals surface area (Å²) in [6, 6.07) is 15.2. The number of aryl methyl sites for hydroxylation is 2. The van der Waals surface area contributed by atoms with Crippen LogP contribution in [0.15, 0.2) is 47.0 Å². The first-order chi connectivity index (χ1) is 18.4. The highest BCUT2D eigenvalue weighted by Crippen LogP contribution is 2.33. The maximum Gasteiger partial charge on any atom is 0.230 e. The summed E-state index contributed by atoms with van der Waals surface area (Å²) in [5.41, 5.74) is 3.86. The van der Waals surface area contributed by atoms with Crippen molar-refractivity contribution in [2.75, 3.05) is 24.5 Å². The summed E-state index contributed by atoms with van der Waals surface area (Å²) >= 11 is 0. The van der Waals surface area contributed by atoms with Gasteiger partial charge in [-0.25, -0.2) is 0 Å². The van der Waals surface area contributed by atoms with Crippen LogP contribution in [0, 0.1) is 24.2 Å². The number of carbonyl (C=O) groups is 2. The van der Waals surface area contributed by atoms with Crippen molar-refractivity contribution < 1.29 is 14.1 Å². The smallest absolute Gasteiger partial charge is 0.230 e. The number of fused-ring (bicyclic) bond motifs is 1. The van der Waals surface area contributed by atoms with Gasteiger partial charge in [-0.3, -0.25) is 14.3 Å². The minimum Gasteiger partial charge on any atom is -0.342 e. The van der Waals surface area contributed by atoms with E-state index in [1.54, 1.807) is 29.2 Å². The molecule has 0 radical (unpaired) electrons. The van der Waals surface area contributed by atoms with Gasteiger partial charge in [-0.1, -0.05) is 29.4 Å². The van der Waals surface area contributed by atoms with Crippen molar-refractivity contribution in [2.24, 2.45) is 13.0 Å². The summed E-state index contributed by atoms with van der Waals surface area (Å²) in [7, 11) is 1.92. The minimum atomic E-state index is -0.411. The van der Waals surface area contributed by atoms with Gasteiger partial charge in [-0.05, 0) is 38.0 Å². The third-order valence-electron chi connectivity index (χ3n) is 7.68. The van der Waals surface area contributed by atoms with E-state index in [-0.39, 0.29) is 24.2 Å². The number of hydrogen-bond acceptors (Lipinski definition) is 7. The third-order valence-corrected chi connectivity index (χ3v) is 7.68. The second-order valence-corrected chi connectivity index (χ2v) is 10.0. The van der Waals surface area contributed by atoms with Crippen molar-refractivity contribution in [3.05, 3.63) is 59.6 Å². The van der Waals surface area contributed by atoms with Crippen LogP contribution >= 0.6 is 0 Å². The Balaban J connectivity index is 1.10. The Morgan fingerprint density at radius 3 is 2.74 bits per heavy atom. The van der Waals surface area contributed by atoms with Crippen molar-refractivity contribution in [1.29, 1.82) is 5.26 Å². The third kappa shape index (κ3) is 4.10. The molecule has 0 aliphatic carbocycles. The zero-order valence-electron chi connectivity index (χ0n) is 21.3. The number of anilines is 1. The van der Waals surface area contributed by atoms with Gasteiger partial charge in [0.25, 0.3) is 0 Å². The Morgan fingerprint density at radius 2 is 1.95 bits per heavy atom. The Morgan fingerprint density at radius 1 is 1.16 bits per heavy atom. The molecular weight excluding hydrogens is 482 g/mol. The summed E-state index contributed by atoms with van der Waals surface area (Å²) in [4.78, 5) is 34.1. The Bertz CT molecular complexity index is 1590. The summed E-state index contributed by atoms with van der Waals surface area (Å²) in [5.74, 6) is 0.655. The Hall–Kier alpha value is -4.52. The predicted molar refractivity (Wildman–Crippen MR) is 139 cm³/mol. The van der Waals surface area contributed by atoms with E-state index in [1.165, 1.54) is 0 Å². The molecule has 2 aromatic carbocycles. The van der Waals surface area contributed by atoms with Crippen molar-refractivity contribution in [3.8, 4) is 17.5 Å². The van der Waals surface area contributed by atoms with Gasteiger partial charge in [0.2, 0.25) is 23.5 Å². The first kappa shape index (κ1) is 23.9. The minimum absolute atomic E-state index is 0.0141. The number of rotatable bonds is 4. The molecule has 0 bridgehead atoms. The van der Waals surface area contributed by atoms with Gasteiger partial charge in [-0.15, -0.1) is 0 Å². The maximum absolute atomic E-state index is 13.3. The van der Waals surface area contributed by atoms with E-state index in [0.717, 1.165) is 35.0 Å². The first-order valence-corrected chi connectivity index (χ1v) is 12.8. The molecule has 0 N–H and O–H groups in total. The van der Waals surface area contributed by atoms with Crippen molar-refractivity contribution in [1.82, 2.24) is 24.8 Å².